The number of carbonyl (C=O) groups excluding carboxylic acids is 1. The number of phenols is 1. The first-order chi connectivity index (χ1) is 17.0. The van der Waals surface area contributed by atoms with Crippen LogP contribution in [0, 0.1) is 0 Å². The van der Waals surface area contributed by atoms with Crippen molar-refractivity contribution in [2.75, 3.05) is 12.4 Å². The van der Waals surface area contributed by atoms with Crippen molar-refractivity contribution in [3.05, 3.63) is 66.5 Å². The molecule has 0 radical (unpaired) electrons. The van der Waals surface area contributed by atoms with E-state index in [1.54, 1.807) is 18.2 Å². The lowest BCUT2D eigenvalue weighted by Gasteiger charge is -2.17. The van der Waals surface area contributed by atoms with E-state index in [-0.39, 0.29) is 5.75 Å². The van der Waals surface area contributed by atoms with Crippen molar-refractivity contribution >= 4 is 22.9 Å². The number of anilines is 1. The van der Waals surface area contributed by atoms with Gasteiger partial charge in [0.2, 0.25) is 0 Å². The van der Waals surface area contributed by atoms with E-state index in [0.29, 0.717) is 34.9 Å². The molecule has 1 aliphatic rings. The SMILES string of the molecule is CNC(=O)C1OC(n2cnc3c(NCc4ccccc4)nc(-c4cccc(O)c4)nc32)C(O)C1O. The zero-order valence-corrected chi connectivity index (χ0v) is 18.7. The number of likely N-dealkylation sites (N-methyl/N-ethyl adjacent to an activating group) is 1. The van der Waals surface area contributed by atoms with Crippen molar-refractivity contribution in [3.8, 4) is 17.1 Å². The molecule has 1 fully saturated rings. The van der Waals surface area contributed by atoms with Gasteiger partial charge in [-0.2, -0.15) is 0 Å². The number of rotatable bonds is 6. The van der Waals surface area contributed by atoms with E-state index < -0.39 is 30.4 Å². The Bertz CT molecular complexity index is 1360. The van der Waals surface area contributed by atoms with Crippen molar-refractivity contribution in [1.29, 1.82) is 0 Å². The molecule has 2 aromatic heterocycles. The highest BCUT2D eigenvalue weighted by molar-refractivity contribution is 5.85. The summed E-state index contributed by atoms with van der Waals surface area (Å²) in [5.74, 6) is 0.252. The van der Waals surface area contributed by atoms with Gasteiger partial charge in [-0.25, -0.2) is 15.0 Å². The summed E-state index contributed by atoms with van der Waals surface area (Å²) >= 11 is 0. The molecule has 4 unspecified atom stereocenters. The van der Waals surface area contributed by atoms with E-state index in [0.717, 1.165) is 5.56 Å². The van der Waals surface area contributed by atoms with Gasteiger partial charge < -0.3 is 30.7 Å². The van der Waals surface area contributed by atoms with Gasteiger partial charge in [0.15, 0.2) is 35.1 Å². The number of ether oxygens (including phenoxy) is 1. The van der Waals surface area contributed by atoms with Crippen LogP contribution in [0.4, 0.5) is 5.82 Å². The van der Waals surface area contributed by atoms with E-state index in [1.807, 2.05) is 30.3 Å². The number of benzene rings is 2. The van der Waals surface area contributed by atoms with Crippen LogP contribution in [0.5, 0.6) is 5.75 Å². The van der Waals surface area contributed by atoms with E-state index >= 15 is 0 Å². The minimum atomic E-state index is -1.43. The van der Waals surface area contributed by atoms with Crippen molar-refractivity contribution in [1.82, 2.24) is 24.8 Å². The number of fused-ring (bicyclic) bond motifs is 1. The zero-order valence-electron chi connectivity index (χ0n) is 18.7. The van der Waals surface area contributed by atoms with Gasteiger partial charge in [0, 0.05) is 19.2 Å². The summed E-state index contributed by atoms with van der Waals surface area (Å²) in [6, 6.07) is 16.3. The molecule has 1 saturated heterocycles. The second kappa shape index (κ2) is 9.29. The number of aliphatic hydroxyl groups is 2. The van der Waals surface area contributed by atoms with E-state index in [4.69, 9.17) is 4.74 Å². The molecule has 3 heterocycles. The lowest BCUT2D eigenvalue weighted by molar-refractivity contribution is -0.137. The number of hydrogen-bond acceptors (Lipinski definition) is 9. The summed E-state index contributed by atoms with van der Waals surface area (Å²) in [5.41, 5.74) is 2.34. The van der Waals surface area contributed by atoms with Gasteiger partial charge in [-0.05, 0) is 17.7 Å². The predicted octanol–water partition coefficient (Wildman–Crippen LogP) is 1.18. The standard InChI is InChI=1S/C24H24N6O5/c1-25-23(34)19-17(32)18(33)24(35-19)30-12-27-16-21(26-11-13-6-3-2-4-7-13)28-20(29-22(16)30)14-8-5-9-15(31)10-14/h2-10,12,17-19,24,31-33H,11H2,1H3,(H,25,34)(H,26,28,29). The Morgan fingerprint density at radius 1 is 1.09 bits per heavy atom. The maximum Gasteiger partial charge on any atom is 0.251 e. The normalized spacial score (nSPS) is 21.8. The van der Waals surface area contributed by atoms with Crippen LogP contribution in [-0.4, -0.2) is 66.1 Å². The zero-order chi connectivity index (χ0) is 24.5. The van der Waals surface area contributed by atoms with Crippen LogP contribution >= 0.6 is 0 Å². The van der Waals surface area contributed by atoms with Gasteiger partial charge >= 0.3 is 0 Å². The second-order valence-electron chi connectivity index (χ2n) is 8.15. The van der Waals surface area contributed by atoms with Crippen LogP contribution in [0.2, 0.25) is 0 Å². The van der Waals surface area contributed by atoms with Crippen LogP contribution in [0.1, 0.15) is 11.8 Å². The number of amides is 1. The summed E-state index contributed by atoms with van der Waals surface area (Å²) in [6.07, 6.45) is -3.76. The maximum atomic E-state index is 12.1. The van der Waals surface area contributed by atoms with Gasteiger partial charge in [-0.3, -0.25) is 9.36 Å². The first-order valence-corrected chi connectivity index (χ1v) is 11.0. The molecular weight excluding hydrogens is 452 g/mol. The second-order valence-corrected chi connectivity index (χ2v) is 8.15. The van der Waals surface area contributed by atoms with E-state index in [9.17, 15) is 20.1 Å². The maximum absolute atomic E-state index is 12.1. The van der Waals surface area contributed by atoms with Crippen LogP contribution in [0.3, 0.4) is 0 Å². The molecule has 0 aliphatic carbocycles. The highest BCUT2D eigenvalue weighted by atomic mass is 16.6. The average molecular weight is 476 g/mol. The number of hydrogen-bond donors (Lipinski definition) is 5. The summed E-state index contributed by atoms with van der Waals surface area (Å²) in [6.45, 7) is 0.472. The van der Waals surface area contributed by atoms with Gasteiger partial charge in [0.1, 0.15) is 18.0 Å². The summed E-state index contributed by atoms with van der Waals surface area (Å²) in [7, 11) is 1.42. The highest BCUT2D eigenvalue weighted by Gasteiger charge is 2.47. The molecule has 11 nitrogen and oxygen atoms in total. The fourth-order valence-electron chi connectivity index (χ4n) is 4.03. The lowest BCUT2D eigenvalue weighted by atomic mass is 10.1. The largest absolute Gasteiger partial charge is 0.508 e. The molecule has 0 spiro atoms. The first-order valence-electron chi connectivity index (χ1n) is 11.0. The Labute approximate surface area is 200 Å². The third-order valence-electron chi connectivity index (χ3n) is 5.85. The summed E-state index contributed by atoms with van der Waals surface area (Å²) in [4.78, 5) is 25.8. The van der Waals surface area contributed by atoms with E-state index in [1.165, 1.54) is 24.0 Å². The smallest absolute Gasteiger partial charge is 0.251 e. The number of aliphatic hydroxyl groups excluding tert-OH is 2. The van der Waals surface area contributed by atoms with Crippen molar-refractivity contribution in [3.63, 3.8) is 0 Å². The van der Waals surface area contributed by atoms with Crippen LogP contribution in [0.25, 0.3) is 22.6 Å². The molecule has 4 aromatic rings. The van der Waals surface area contributed by atoms with Gasteiger partial charge in [0.25, 0.3) is 5.91 Å². The Morgan fingerprint density at radius 2 is 1.89 bits per heavy atom. The molecule has 0 saturated carbocycles. The summed E-state index contributed by atoms with van der Waals surface area (Å²) < 4.78 is 7.18. The average Bonchev–Trinajstić information content (AvgIpc) is 3.43. The first kappa shape index (κ1) is 22.7. The molecule has 5 rings (SSSR count). The third kappa shape index (κ3) is 4.28. The molecule has 1 aliphatic heterocycles. The monoisotopic (exact) mass is 476 g/mol. The molecule has 35 heavy (non-hydrogen) atoms. The number of nitrogens with one attached hydrogen (secondary N) is 2. The number of aromatic hydroxyl groups is 1. The molecule has 2 aromatic carbocycles. The fourth-order valence-corrected chi connectivity index (χ4v) is 4.03. The van der Waals surface area contributed by atoms with Gasteiger partial charge in [0.05, 0.1) is 6.33 Å². The number of phenolic OH excluding ortho intramolecular Hbond substituents is 1. The Morgan fingerprint density at radius 3 is 2.63 bits per heavy atom. The number of nitrogens with zero attached hydrogens (tertiary/aromatic N) is 4. The van der Waals surface area contributed by atoms with Crippen molar-refractivity contribution in [2.45, 2.75) is 31.1 Å². The molecule has 4 atom stereocenters. The van der Waals surface area contributed by atoms with Gasteiger partial charge in [-0.15, -0.1) is 0 Å². The molecule has 11 heteroatoms. The number of aromatic nitrogens is 4. The predicted molar refractivity (Wildman–Crippen MR) is 126 cm³/mol. The van der Waals surface area contributed by atoms with Crippen LogP contribution < -0.4 is 10.6 Å². The quantitative estimate of drug-likeness (QED) is 0.276. The number of imidazole rings is 1. The third-order valence-corrected chi connectivity index (χ3v) is 5.85. The molecule has 0 bridgehead atoms. The van der Waals surface area contributed by atoms with Crippen LogP contribution in [-0.2, 0) is 16.1 Å². The molecule has 180 valence electrons. The summed E-state index contributed by atoms with van der Waals surface area (Å²) in [5, 5.41) is 36.7. The fraction of sp³-hybridized carbons (Fsp3) is 0.250. The highest BCUT2D eigenvalue weighted by Crippen LogP contribution is 2.34. The van der Waals surface area contributed by atoms with E-state index in [2.05, 4.69) is 25.6 Å². The lowest BCUT2D eigenvalue weighted by Crippen LogP contribution is -2.41. The Balaban J connectivity index is 1.58. The molecular formula is C24H24N6O5. The Kier molecular flexibility index (Phi) is 6.03. The van der Waals surface area contributed by atoms with Crippen molar-refractivity contribution in [2.24, 2.45) is 0 Å². The van der Waals surface area contributed by atoms with Gasteiger partial charge in [-0.1, -0.05) is 42.5 Å². The number of carbonyl (C=O) groups is 1. The van der Waals surface area contributed by atoms with Crippen LogP contribution in [0.15, 0.2) is 60.9 Å². The molecule has 1 amide bonds. The van der Waals surface area contributed by atoms with Crippen molar-refractivity contribution < 1.29 is 24.9 Å². The Hall–Kier alpha value is -4.06. The minimum absolute atomic E-state index is 0.0598. The topological polar surface area (TPSA) is 155 Å². The molecule has 5 N–H and O–H groups in total. The minimum Gasteiger partial charge on any atom is -0.508 e.